The summed E-state index contributed by atoms with van der Waals surface area (Å²) < 4.78 is 10.8. The predicted molar refractivity (Wildman–Crippen MR) is 100 cm³/mol. The Kier molecular flexibility index (Phi) is 5.22. The van der Waals surface area contributed by atoms with E-state index in [2.05, 4.69) is 20.4 Å². The second-order valence-electron chi connectivity index (χ2n) is 6.56. The number of hydrogen-bond acceptors (Lipinski definition) is 6. The van der Waals surface area contributed by atoms with Crippen molar-refractivity contribution < 1.29 is 13.6 Å². The van der Waals surface area contributed by atoms with Crippen molar-refractivity contribution in [3.8, 4) is 11.5 Å². The Balaban J connectivity index is 1.27. The van der Waals surface area contributed by atoms with E-state index < -0.39 is 0 Å². The summed E-state index contributed by atoms with van der Waals surface area (Å²) in [4.78, 5) is 14.4. The molecule has 1 fully saturated rings. The Bertz CT molecular complexity index is 884. The number of rotatable bonds is 5. The number of nitrogens with zero attached hydrogens (tertiary/aromatic N) is 3. The summed E-state index contributed by atoms with van der Waals surface area (Å²) in [6, 6.07) is 8.88. The van der Waals surface area contributed by atoms with Gasteiger partial charge in [-0.2, -0.15) is 0 Å². The van der Waals surface area contributed by atoms with Gasteiger partial charge in [-0.25, -0.2) is 0 Å². The SMILES string of the molecule is O=C(CN1CCC(c2nnc(-c3ccoc3)o2)CC1)Nc1ccc(Cl)cc1. The van der Waals surface area contributed by atoms with E-state index in [0.29, 0.717) is 23.3 Å². The van der Waals surface area contributed by atoms with Gasteiger partial charge in [0.15, 0.2) is 0 Å². The van der Waals surface area contributed by atoms with Crippen molar-refractivity contribution in [2.45, 2.75) is 18.8 Å². The van der Waals surface area contributed by atoms with E-state index in [0.717, 1.165) is 37.2 Å². The van der Waals surface area contributed by atoms with E-state index in [1.807, 2.05) is 0 Å². The van der Waals surface area contributed by atoms with E-state index in [4.69, 9.17) is 20.4 Å². The van der Waals surface area contributed by atoms with Crippen molar-refractivity contribution >= 4 is 23.2 Å². The minimum atomic E-state index is -0.0317. The first-order valence-electron chi connectivity index (χ1n) is 8.81. The molecule has 0 spiro atoms. The molecule has 0 bridgehead atoms. The lowest BCUT2D eigenvalue weighted by Crippen LogP contribution is -2.38. The van der Waals surface area contributed by atoms with E-state index in [-0.39, 0.29) is 11.8 Å². The van der Waals surface area contributed by atoms with Gasteiger partial charge in [-0.15, -0.1) is 10.2 Å². The van der Waals surface area contributed by atoms with Crippen molar-refractivity contribution in [1.29, 1.82) is 0 Å². The molecule has 1 saturated heterocycles. The first-order chi connectivity index (χ1) is 13.2. The Labute approximate surface area is 161 Å². The van der Waals surface area contributed by atoms with Crippen LogP contribution in [0.1, 0.15) is 24.7 Å². The summed E-state index contributed by atoms with van der Waals surface area (Å²) in [6.07, 6.45) is 4.91. The van der Waals surface area contributed by atoms with Gasteiger partial charge in [-0.1, -0.05) is 11.6 Å². The minimum Gasteiger partial charge on any atom is -0.472 e. The molecule has 1 N–H and O–H groups in total. The zero-order valence-corrected chi connectivity index (χ0v) is 15.4. The molecule has 3 heterocycles. The Morgan fingerprint density at radius 2 is 1.96 bits per heavy atom. The average Bonchev–Trinajstić information content (AvgIpc) is 3.36. The number of halogens is 1. The summed E-state index contributed by atoms with van der Waals surface area (Å²) in [7, 11) is 0. The molecule has 4 rings (SSSR count). The summed E-state index contributed by atoms with van der Waals surface area (Å²) in [6.45, 7) is 1.98. The monoisotopic (exact) mass is 386 g/mol. The third-order valence-electron chi connectivity index (χ3n) is 4.64. The van der Waals surface area contributed by atoms with Crippen LogP contribution >= 0.6 is 11.6 Å². The number of hydrogen-bond donors (Lipinski definition) is 1. The number of anilines is 1. The lowest BCUT2D eigenvalue weighted by Gasteiger charge is -2.29. The molecular formula is C19H19ClN4O3. The van der Waals surface area contributed by atoms with Crippen LogP contribution in [0.4, 0.5) is 5.69 Å². The van der Waals surface area contributed by atoms with Gasteiger partial charge in [-0.3, -0.25) is 9.69 Å². The molecule has 3 aromatic rings. The highest BCUT2D eigenvalue weighted by Crippen LogP contribution is 2.29. The minimum absolute atomic E-state index is 0.0317. The molecule has 2 aromatic heterocycles. The van der Waals surface area contributed by atoms with Crippen molar-refractivity contribution in [1.82, 2.24) is 15.1 Å². The van der Waals surface area contributed by atoms with Crippen LogP contribution in [0.15, 0.2) is 51.7 Å². The lowest BCUT2D eigenvalue weighted by atomic mass is 9.97. The number of piperidine rings is 1. The predicted octanol–water partition coefficient (Wildman–Crippen LogP) is 3.80. The maximum absolute atomic E-state index is 12.2. The van der Waals surface area contributed by atoms with E-state index in [1.54, 1.807) is 42.9 Å². The van der Waals surface area contributed by atoms with Crippen LogP contribution in [-0.4, -0.2) is 40.6 Å². The number of nitrogens with one attached hydrogen (secondary N) is 1. The third kappa shape index (κ3) is 4.37. The summed E-state index contributed by atoms with van der Waals surface area (Å²) in [5.74, 6) is 1.31. The molecule has 7 nitrogen and oxygen atoms in total. The molecule has 1 aliphatic heterocycles. The van der Waals surface area contributed by atoms with Crippen molar-refractivity contribution in [2.75, 3.05) is 25.0 Å². The fraction of sp³-hybridized carbons (Fsp3) is 0.316. The van der Waals surface area contributed by atoms with Crippen molar-refractivity contribution in [3.05, 3.63) is 53.8 Å². The molecule has 0 unspecified atom stereocenters. The topological polar surface area (TPSA) is 84.4 Å². The van der Waals surface area contributed by atoms with Crippen LogP contribution in [0.25, 0.3) is 11.5 Å². The number of carbonyl (C=O) groups is 1. The number of furan rings is 1. The zero-order chi connectivity index (χ0) is 18.6. The van der Waals surface area contributed by atoms with Crippen LogP contribution in [0.2, 0.25) is 5.02 Å². The lowest BCUT2D eigenvalue weighted by molar-refractivity contribution is -0.117. The van der Waals surface area contributed by atoms with E-state index in [1.165, 1.54) is 0 Å². The van der Waals surface area contributed by atoms with Gasteiger partial charge in [-0.05, 0) is 56.3 Å². The second-order valence-corrected chi connectivity index (χ2v) is 7.00. The van der Waals surface area contributed by atoms with Gasteiger partial charge >= 0.3 is 0 Å². The average molecular weight is 387 g/mol. The maximum Gasteiger partial charge on any atom is 0.250 e. The highest BCUT2D eigenvalue weighted by Gasteiger charge is 2.26. The van der Waals surface area contributed by atoms with E-state index >= 15 is 0 Å². The van der Waals surface area contributed by atoms with Crippen LogP contribution in [0.3, 0.4) is 0 Å². The largest absolute Gasteiger partial charge is 0.472 e. The molecule has 1 aromatic carbocycles. The van der Waals surface area contributed by atoms with Crippen molar-refractivity contribution in [3.63, 3.8) is 0 Å². The molecule has 1 aliphatic rings. The first kappa shape index (κ1) is 17.8. The zero-order valence-electron chi connectivity index (χ0n) is 14.6. The van der Waals surface area contributed by atoms with E-state index in [9.17, 15) is 4.79 Å². The smallest absolute Gasteiger partial charge is 0.250 e. The molecule has 0 radical (unpaired) electrons. The molecule has 140 valence electrons. The van der Waals surface area contributed by atoms with Crippen LogP contribution < -0.4 is 5.32 Å². The fourth-order valence-electron chi connectivity index (χ4n) is 3.18. The molecule has 1 amide bonds. The quantitative estimate of drug-likeness (QED) is 0.717. The molecule has 8 heteroatoms. The number of amides is 1. The number of likely N-dealkylation sites (tertiary alicyclic amines) is 1. The van der Waals surface area contributed by atoms with Crippen molar-refractivity contribution in [2.24, 2.45) is 0 Å². The molecule has 27 heavy (non-hydrogen) atoms. The first-order valence-corrected chi connectivity index (χ1v) is 9.19. The number of aromatic nitrogens is 2. The number of carbonyl (C=O) groups excluding carboxylic acids is 1. The van der Waals surface area contributed by atoms with Gasteiger partial charge < -0.3 is 14.2 Å². The molecular weight excluding hydrogens is 368 g/mol. The Hall–Kier alpha value is -2.64. The third-order valence-corrected chi connectivity index (χ3v) is 4.89. The van der Waals surface area contributed by atoms with Gasteiger partial charge in [0.2, 0.25) is 11.8 Å². The van der Waals surface area contributed by atoms with Crippen LogP contribution in [-0.2, 0) is 4.79 Å². The standard InChI is InChI=1S/C19H19ClN4O3/c20-15-1-3-16(4-2-15)21-17(25)11-24-8-5-13(6-9-24)18-22-23-19(27-18)14-7-10-26-12-14/h1-4,7,10,12-13H,5-6,8-9,11H2,(H,21,25). The van der Waals surface area contributed by atoms with Crippen LogP contribution in [0.5, 0.6) is 0 Å². The maximum atomic E-state index is 12.2. The van der Waals surface area contributed by atoms with Gasteiger partial charge in [0.05, 0.1) is 18.4 Å². The van der Waals surface area contributed by atoms with Gasteiger partial charge in [0, 0.05) is 16.6 Å². The summed E-state index contributed by atoms with van der Waals surface area (Å²) >= 11 is 5.86. The van der Waals surface area contributed by atoms with Crippen LogP contribution in [0, 0.1) is 0 Å². The molecule has 0 saturated carbocycles. The van der Waals surface area contributed by atoms with Gasteiger partial charge in [0.1, 0.15) is 6.26 Å². The highest BCUT2D eigenvalue weighted by atomic mass is 35.5. The normalized spacial score (nSPS) is 15.7. The number of benzene rings is 1. The Morgan fingerprint density at radius 3 is 2.67 bits per heavy atom. The second kappa shape index (κ2) is 7.94. The highest BCUT2D eigenvalue weighted by molar-refractivity contribution is 6.30. The Morgan fingerprint density at radius 1 is 1.19 bits per heavy atom. The summed E-state index contributed by atoms with van der Waals surface area (Å²) in [5, 5.41) is 11.8. The molecule has 0 atom stereocenters. The summed E-state index contributed by atoms with van der Waals surface area (Å²) in [5.41, 5.74) is 1.53. The fourth-order valence-corrected chi connectivity index (χ4v) is 3.30. The van der Waals surface area contributed by atoms with Gasteiger partial charge in [0.25, 0.3) is 5.89 Å². The molecule has 0 aliphatic carbocycles.